The van der Waals surface area contributed by atoms with Gasteiger partial charge in [0.25, 0.3) is 0 Å². The zero-order valence-electron chi connectivity index (χ0n) is 14.1. The number of likely N-dealkylation sites (tertiary alicyclic amines) is 1. The molecule has 2 amide bonds. The maximum Gasteiger partial charge on any atom is 0.233 e. The Labute approximate surface area is 147 Å². The molecule has 1 heterocycles. The molecule has 0 unspecified atom stereocenters. The van der Waals surface area contributed by atoms with Gasteiger partial charge >= 0.3 is 0 Å². The van der Waals surface area contributed by atoms with Gasteiger partial charge in [-0.1, -0.05) is 30.3 Å². The summed E-state index contributed by atoms with van der Waals surface area (Å²) >= 11 is 0. The van der Waals surface area contributed by atoms with Crippen molar-refractivity contribution in [3.63, 3.8) is 0 Å². The van der Waals surface area contributed by atoms with Gasteiger partial charge in [-0.2, -0.15) is 0 Å². The molecule has 1 saturated heterocycles. The Morgan fingerprint density at radius 2 is 1.60 bits per heavy atom. The summed E-state index contributed by atoms with van der Waals surface area (Å²) in [7, 11) is 0. The van der Waals surface area contributed by atoms with Crippen LogP contribution < -0.4 is 10.1 Å². The minimum atomic E-state index is -0.320. The van der Waals surface area contributed by atoms with Gasteiger partial charge in [-0.25, -0.2) is 0 Å². The third-order valence-electron chi connectivity index (χ3n) is 4.15. The van der Waals surface area contributed by atoms with Crippen molar-refractivity contribution in [2.24, 2.45) is 0 Å². The second-order valence-electron chi connectivity index (χ2n) is 6.08. The Morgan fingerprint density at radius 3 is 2.36 bits per heavy atom. The van der Waals surface area contributed by atoms with Gasteiger partial charge in [0.05, 0.1) is 5.69 Å². The normalized spacial score (nSPS) is 14.0. The van der Waals surface area contributed by atoms with E-state index < -0.39 is 0 Å². The van der Waals surface area contributed by atoms with Crippen LogP contribution in [-0.4, -0.2) is 29.8 Å². The fraction of sp³-hybridized carbons (Fsp3) is 0.300. The highest BCUT2D eigenvalue weighted by Crippen LogP contribution is 2.29. The summed E-state index contributed by atoms with van der Waals surface area (Å²) in [6, 6.07) is 16.6. The highest BCUT2D eigenvalue weighted by atomic mass is 16.5. The molecular weight excluding hydrogens is 316 g/mol. The average molecular weight is 338 g/mol. The van der Waals surface area contributed by atoms with Crippen molar-refractivity contribution in [1.82, 2.24) is 4.90 Å². The quantitative estimate of drug-likeness (QED) is 0.843. The highest BCUT2D eigenvalue weighted by molar-refractivity contribution is 6.04. The van der Waals surface area contributed by atoms with Crippen molar-refractivity contribution in [3.8, 4) is 11.5 Å². The monoisotopic (exact) mass is 338 g/mol. The van der Waals surface area contributed by atoms with Crippen molar-refractivity contribution >= 4 is 17.5 Å². The molecule has 0 saturated carbocycles. The van der Waals surface area contributed by atoms with Gasteiger partial charge in [0.15, 0.2) is 5.75 Å². The average Bonchev–Trinajstić information content (AvgIpc) is 2.65. The Kier molecular flexibility index (Phi) is 5.67. The third kappa shape index (κ3) is 4.83. The fourth-order valence-corrected chi connectivity index (χ4v) is 2.86. The molecule has 0 spiro atoms. The summed E-state index contributed by atoms with van der Waals surface area (Å²) in [5, 5.41) is 2.79. The van der Waals surface area contributed by atoms with Gasteiger partial charge in [-0.3, -0.25) is 9.59 Å². The van der Waals surface area contributed by atoms with E-state index in [0.29, 0.717) is 17.2 Å². The molecule has 0 aliphatic carbocycles. The topological polar surface area (TPSA) is 58.6 Å². The Bertz CT molecular complexity index is 725. The molecule has 25 heavy (non-hydrogen) atoms. The summed E-state index contributed by atoms with van der Waals surface area (Å²) < 4.78 is 5.82. The van der Waals surface area contributed by atoms with Crippen LogP contribution >= 0.6 is 0 Å². The second kappa shape index (κ2) is 8.33. The number of carbonyl (C=O) groups excluding carboxylic acids is 2. The van der Waals surface area contributed by atoms with E-state index in [1.165, 1.54) is 0 Å². The van der Waals surface area contributed by atoms with Crippen LogP contribution in [0.15, 0.2) is 54.6 Å². The van der Waals surface area contributed by atoms with Crippen LogP contribution in [0.25, 0.3) is 0 Å². The first kappa shape index (κ1) is 17.0. The lowest BCUT2D eigenvalue weighted by Crippen LogP contribution is -2.37. The van der Waals surface area contributed by atoms with Gasteiger partial charge in [0, 0.05) is 13.1 Å². The van der Waals surface area contributed by atoms with Crippen LogP contribution in [0.4, 0.5) is 5.69 Å². The van der Waals surface area contributed by atoms with E-state index >= 15 is 0 Å². The number of nitrogens with one attached hydrogen (secondary N) is 1. The summed E-state index contributed by atoms with van der Waals surface area (Å²) in [5.74, 6) is 0.805. The van der Waals surface area contributed by atoms with Gasteiger partial charge in [0.2, 0.25) is 11.8 Å². The molecule has 5 heteroatoms. The molecule has 2 aromatic rings. The number of anilines is 1. The van der Waals surface area contributed by atoms with E-state index in [-0.39, 0.29) is 18.2 Å². The van der Waals surface area contributed by atoms with E-state index in [0.717, 1.165) is 32.4 Å². The van der Waals surface area contributed by atoms with Crippen LogP contribution in [0.5, 0.6) is 11.5 Å². The van der Waals surface area contributed by atoms with Crippen LogP contribution in [0, 0.1) is 0 Å². The molecule has 1 aliphatic rings. The zero-order chi connectivity index (χ0) is 17.5. The minimum absolute atomic E-state index is 0.112. The lowest BCUT2D eigenvalue weighted by molar-refractivity contribution is -0.135. The number of benzene rings is 2. The summed E-state index contributed by atoms with van der Waals surface area (Å²) in [6.07, 6.45) is 3.04. The summed E-state index contributed by atoms with van der Waals surface area (Å²) in [4.78, 5) is 26.2. The van der Waals surface area contributed by atoms with Gasteiger partial charge in [0.1, 0.15) is 12.2 Å². The Morgan fingerprint density at radius 1 is 0.920 bits per heavy atom. The van der Waals surface area contributed by atoms with Crippen LogP contribution in [0.2, 0.25) is 0 Å². The number of rotatable bonds is 5. The first-order chi connectivity index (χ1) is 12.2. The first-order valence-corrected chi connectivity index (χ1v) is 8.62. The standard InChI is InChI=1S/C20H22N2O3/c23-19(15-20(24)22-13-7-2-8-14-22)21-17-11-5-6-12-18(17)25-16-9-3-1-4-10-16/h1,3-6,9-12H,2,7-8,13-15H2,(H,21,23). The van der Waals surface area contributed by atoms with E-state index in [4.69, 9.17) is 4.74 Å². The fourth-order valence-electron chi connectivity index (χ4n) is 2.86. The lowest BCUT2D eigenvalue weighted by atomic mass is 10.1. The number of hydrogen-bond donors (Lipinski definition) is 1. The number of amides is 2. The number of carbonyl (C=O) groups is 2. The van der Waals surface area contributed by atoms with Crippen molar-refractivity contribution in [1.29, 1.82) is 0 Å². The van der Waals surface area contributed by atoms with Gasteiger partial charge in [-0.15, -0.1) is 0 Å². The summed E-state index contributed by atoms with van der Waals surface area (Å²) in [5.41, 5.74) is 0.558. The predicted molar refractivity (Wildman–Crippen MR) is 96.6 cm³/mol. The number of hydrogen-bond acceptors (Lipinski definition) is 3. The van der Waals surface area contributed by atoms with Crippen molar-refractivity contribution in [2.45, 2.75) is 25.7 Å². The largest absolute Gasteiger partial charge is 0.455 e. The van der Waals surface area contributed by atoms with Gasteiger partial charge in [-0.05, 0) is 43.5 Å². The zero-order valence-corrected chi connectivity index (χ0v) is 14.1. The van der Waals surface area contributed by atoms with E-state index in [2.05, 4.69) is 5.32 Å². The number of para-hydroxylation sites is 3. The van der Waals surface area contributed by atoms with Crippen LogP contribution in [-0.2, 0) is 9.59 Å². The molecule has 1 fully saturated rings. The summed E-state index contributed by atoms with van der Waals surface area (Å²) in [6.45, 7) is 1.50. The number of piperidine rings is 1. The highest BCUT2D eigenvalue weighted by Gasteiger charge is 2.19. The first-order valence-electron chi connectivity index (χ1n) is 8.62. The molecule has 130 valence electrons. The second-order valence-corrected chi connectivity index (χ2v) is 6.08. The number of nitrogens with zero attached hydrogens (tertiary/aromatic N) is 1. The molecular formula is C20H22N2O3. The van der Waals surface area contributed by atoms with Gasteiger partial charge < -0.3 is 15.0 Å². The molecule has 0 bridgehead atoms. The molecule has 3 rings (SSSR count). The Hall–Kier alpha value is -2.82. The third-order valence-corrected chi connectivity index (χ3v) is 4.15. The smallest absolute Gasteiger partial charge is 0.233 e. The number of ether oxygens (including phenoxy) is 1. The molecule has 5 nitrogen and oxygen atoms in total. The maximum atomic E-state index is 12.3. The van der Waals surface area contributed by atoms with Crippen LogP contribution in [0.1, 0.15) is 25.7 Å². The van der Waals surface area contributed by atoms with Crippen molar-refractivity contribution in [2.75, 3.05) is 18.4 Å². The minimum Gasteiger partial charge on any atom is -0.455 e. The van der Waals surface area contributed by atoms with Crippen molar-refractivity contribution < 1.29 is 14.3 Å². The molecule has 0 aromatic heterocycles. The van der Waals surface area contributed by atoms with E-state index in [1.807, 2.05) is 42.5 Å². The Balaban J connectivity index is 1.62. The van der Waals surface area contributed by atoms with E-state index in [1.54, 1.807) is 17.0 Å². The maximum absolute atomic E-state index is 12.3. The SMILES string of the molecule is O=C(CC(=O)N1CCCCC1)Nc1ccccc1Oc1ccccc1. The van der Waals surface area contributed by atoms with E-state index in [9.17, 15) is 9.59 Å². The van der Waals surface area contributed by atoms with Crippen LogP contribution in [0.3, 0.4) is 0 Å². The lowest BCUT2D eigenvalue weighted by Gasteiger charge is -2.26. The molecule has 1 aliphatic heterocycles. The molecule has 0 atom stereocenters. The van der Waals surface area contributed by atoms with Crippen molar-refractivity contribution in [3.05, 3.63) is 54.6 Å². The molecule has 0 radical (unpaired) electrons. The molecule has 2 aromatic carbocycles. The predicted octanol–water partition coefficient (Wildman–Crippen LogP) is 3.82. The molecule has 1 N–H and O–H groups in total.